The molecule has 1 aliphatic heterocycles. The highest BCUT2D eigenvalue weighted by atomic mass is 32.2. The third-order valence-electron chi connectivity index (χ3n) is 4.34. The topological polar surface area (TPSA) is 155 Å². The Bertz CT molecular complexity index is 914. The summed E-state index contributed by atoms with van der Waals surface area (Å²) in [6, 6.07) is 4.63. The van der Waals surface area contributed by atoms with Crippen molar-refractivity contribution >= 4 is 28.0 Å². The molecular weight excluding hydrogens is 434 g/mol. The quantitative estimate of drug-likeness (QED) is 0.413. The lowest BCUT2D eigenvalue weighted by atomic mass is 9.96. The van der Waals surface area contributed by atoms with Crippen LogP contribution in [0.4, 0.5) is 0 Å². The minimum atomic E-state index is -4.20. The van der Waals surface area contributed by atoms with Gasteiger partial charge < -0.3 is 24.6 Å². The number of aliphatic hydroxyl groups is 1. The minimum absolute atomic E-state index is 0.105. The highest BCUT2D eigenvalue weighted by Gasteiger charge is 2.50. The van der Waals surface area contributed by atoms with Crippen LogP contribution in [0.3, 0.4) is 0 Å². The summed E-state index contributed by atoms with van der Waals surface area (Å²) in [6.07, 6.45) is -5.75. The van der Waals surface area contributed by atoms with Crippen LogP contribution >= 0.6 is 0 Å². The first-order chi connectivity index (χ1) is 14.4. The van der Waals surface area contributed by atoms with E-state index < -0.39 is 65.2 Å². The van der Waals surface area contributed by atoms with Crippen molar-refractivity contribution < 1.29 is 46.3 Å². The zero-order valence-corrected chi connectivity index (χ0v) is 18.2. The van der Waals surface area contributed by atoms with E-state index in [0.717, 1.165) is 19.4 Å². The summed E-state index contributed by atoms with van der Waals surface area (Å²) in [7, 11) is -4.20. The van der Waals surface area contributed by atoms with Gasteiger partial charge in [0, 0.05) is 20.8 Å². The van der Waals surface area contributed by atoms with Gasteiger partial charge in [-0.2, -0.15) is 8.42 Å². The number of carbonyl (C=O) groups is 3. The maximum atomic E-state index is 12.5. The van der Waals surface area contributed by atoms with Crippen molar-refractivity contribution in [2.24, 2.45) is 0 Å². The molecule has 1 aromatic carbocycles. The van der Waals surface area contributed by atoms with E-state index in [0.29, 0.717) is 0 Å². The third-order valence-corrected chi connectivity index (χ3v) is 5.63. The predicted molar refractivity (Wildman–Crippen MR) is 104 cm³/mol. The number of benzene rings is 1. The highest BCUT2D eigenvalue weighted by molar-refractivity contribution is 7.86. The molecule has 1 fully saturated rings. The smallest absolute Gasteiger partial charge is 0.303 e. The Morgan fingerprint density at radius 1 is 1.03 bits per heavy atom. The lowest BCUT2D eigenvalue weighted by Crippen LogP contribution is -2.66. The minimum Gasteiger partial charge on any atom is -0.456 e. The summed E-state index contributed by atoms with van der Waals surface area (Å²) in [5, 5.41) is 12.7. The molecule has 2 rings (SSSR count). The van der Waals surface area contributed by atoms with Crippen molar-refractivity contribution in [2.75, 3.05) is 6.61 Å². The van der Waals surface area contributed by atoms with Crippen molar-refractivity contribution in [1.29, 1.82) is 0 Å². The van der Waals surface area contributed by atoms with Crippen molar-refractivity contribution in [1.82, 2.24) is 5.32 Å². The second-order valence-corrected chi connectivity index (χ2v) is 8.61. The van der Waals surface area contributed by atoms with Crippen LogP contribution in [-0.2, 0) is 42.9 Å². The second-order valence-electron chi connectivity index (χ2n) is 6.99. The molecule has 0 unspecified atom stereocenters. The van der Waals surface area contributed by atoms with Gasteiger partial charge in [0.25, 0.3) is 10.1 Å². The molecule has 172 valence electrons. The number of nitrogens with one attached hydrogen (secondary N) is 1. The lowest BCUT2D eigenvalue weighted by Gasteiger charge is -2.43. The summed E-state index contributed by atoms with van der Waals surface area (Å²) < 4.78 is 45.7. The van der Waals surface area contributed by atoms with Crippen LogP contribution in [0.5, 0.6) is 0 Å². The van der Waals surface area contributed by atoms with Crippen LogP contribution in [0, 0.1) is 6.92 Å². The summed E-state index contributed by atoms with van der Waals surface area (Å²) in [5.74, 6) is -2.13. The van der Waals surface area contributed by atoms with Crippen LogP contribution in [0.2, 0.25) is 0 Å². The number of aryl methyl sites for hydroxylation is 1. The highest BCUT2D eigenvalue weighted by Crippen LogP contribution is 2.27. The van der Waals surface area contributed by atoms with E-state index in [-0.39, 0.29) is 4.90 Å². The molecule has 1 saturated heterocycles. The molecule has 0 aliphatic carbocycles. The first-order valence-electron chi connectivity index (χ1n) is 9.32. The van der Waals surface area contributed by atoms with Crippen LogP contribution in [0.25, 0.3) is 0 Å². The van der Waals surface area contributed by atoms with Gasteiger partial charge in [-0.25, -0.2) is 0 Å². The van der Waals surface area contributed by atoms with Gasteiger partial charge >= 0.3 is 11.9 Å². The van der Waals surface area contributed by atoms with Gasteiger partial charge in [-0.1, -0.05) is 17.7 Å². The normalized spacial score (nSPS) is 26.0. The van der Waals surface area contributed by atoms with Crippen LogP contribution < -0.4 is 5.32 Å². The van der Waals surface area contributed by atoms with E-state index >= 15 is 0 Å². The molecule has 11 nitrogen and oxygen atoms in total. The summed E-state index contributed by atoms with van der Waals surface area (Å²) >= 11 is 0. The van der Waals surface area contributed by atoms with Crippen LogP contribution in [0.1, 0.15) is 26.3 Å². The molecule has 1 aliphatic rings. The SMILES string of the molecule is CC(=O)N[C@H]1[C@@H](OC(C)=O)[C@@H](OC(C)=O)[C@@H](COS(=O)(=O)c2ccc(C)cc2)O[C@H]1O. The number of aliphatic hydroxyl groups excluding tert-OH is 1. The molecule has 1 aromatic rings. The molecule has 0 bridgehead atoms. The summed E-state index contributed by atoms with van der Waals surface area (Å²) in [4.78, 5) is 34.6. The number of hydrogen-bond acceptors (Lipinski definition) is 10. The van der Waals surface area contributed by atoms with E-state index in [1.54, 1.807) is 19.1 Å². The van der Waals surface area contributed by atoms with Gasteiger partial charge in [0.1, 0.15) is 12.1 Å². The molecule has 1 amide bonds. The predicted octanol–water partition coefficient (Wildman–Crippen LogP) is -0.214. The molecule has 12 heteroatoms. The molecule has 0 radical (unpaired) electrons. The molecule has 0 spiro atoms. The van der Waals surface area contributed by atoms with Gasteiger partial charge in [-0.3, -0.25) is 18.6 Å². The van der Waals surface area contributed by atoms with Crippen LogP contribution in [0.15, 0.2) is 29.2 Å². The third kappa shape index (κ3) is 6.72. The molecule has 1 heterocycles. The number of ether oxygens (including phenoxy) is 3. The Labute approximate surface area is 179 Å². The zero-order valence-electron chi connectivity index (χ0n) is 17.4. The Hall–Kier alpha value is -2.54. The number of esters is 2. The fourth-order valence-electron chi connectivity index (χ4n) is 3.04. The van der Waals surface area contributed by atoms with Gasteiger partial charge in [0.05, 0.1) is 11.5 Å². The number of amides is 1. The number of carbonyl (C=O) groups excluding carboxylic acids is 3. The Morgan fingerprint density at radius 2 is 1.58 bits per heavy atom. The summed E-state index contributed by atoms with van der Waals surface area (Å²) in [5.41, 5.74) is 0.848. The first kappa shape index (κ1) is 24.7. The molecular formula is C19H25NO10S. The zero-order chi connectivity index (χ0) is 23.3. The fourth-order valence-corrected chi connectivity index (χ4v) is 3.96. The van der Waals surface area contributed by atoms with Gasteiger partial charge in [0.15, 0.2) is 18.5 Å². The maximum Gasteiger partial charge on any atom is 0.303 e. The Kier molecular flexibility index (Phi) is 8.12. The average molecular weight is 459 g/mol. The maximum absolute atomic E-state index is 12.5. The Morgan fingerprint density at radius 3 is 2.10 bits per heavy atom. The van der Waals surface area contributed by atoms with E-state index in [2.05, 4.69) is 5.32 Å². The number of hydrogen-bond donors (Lipinski definition) is 2. The monoisotopic (exact) mass is 459 g/mol. The molecule has 2 N–H and O–H groups in total. The number of rotatable bonds is 7. The van der Waals surface area contributed by atoms with Crippen LogP contribution in [-0.4, -0.2) is 68.6 Å². The lowest BCUT2D eigenvalue weighted by molar-refractivity contribution is -0.261. The fraction of sp³-hybridized carbons (Fsp3) is 0.526. The summed E-state index contributed by atoms with van der Waals surface area (Å²) in [6.45, 7) is 4.48. The van der Waals surface area contributed by atoms with E-state index in [1.807, 2.05) is 0 Å². The van der Waals surface area contributed by atoms with Gasteiger partial charge in [0.2, 0.25) is 5.91 Å². The van der Waals surface area contributed by atoms with E-state index in [4.69, 9.17) is 18.4 Å². The Balaban J connectivity index is 2.29. The van der Waals surface area contributed by atoms with Crippen molar-refractivity contribution in [3.63, 3.8) is 0 Å². The standard InChI is InChI=1S/C19H25NO10S/c1-10-5-7-14(8-6-10)31(25,26)27-9-15-17(28-12(3)22)18(29-13(4)23)16(19(24)30-15)20-11(2)21/h5-8,15-19,24H,9H2,1-4H3,(H,20,21)/t15-,16+,17+,18-,19-/m1/s1. The van der Waals surface area contributed by atoms with Crippen molar-refractivity contribution in [2.45, 2.75) is 63.2 Å². The molecule has 0 aromatic heterocycles. The van der Waals surface area contributed by atoms with E-state index in [1.165, 1.54) is 19.1 Å². The second kappa shape index (κ2) is 10.2. The molecule has 31 heavy (non-hydrogen) atoms. The van der Waals surface area contributed by atoms with Gasteiger partial charge in [-0.05, 0) is 19.1 Å². The molecule has 5 atom stereocenters. The largest absolute Gasteiger partial charge is 0.456 e. The molecule has 0 saturated carbocycles. The van der Waals surface area contributed by atoms with Crippen molar-refractivity contribution in [3.8, 4) is 0 Å². The van der Waals surface area contributed by atoms with Gasteiger partial charge in [-0.15, -0.1) is 0 Å². The van der Waals surface area contributed by atoms with E-state index in [9.17, 15) is 27.9 Å². The van der Waals surface area contributed by atoms with Crippen molar-refractivity contribution in [3.05, 3.63) is 29.8 Å². The average Bonchev–Trinajstić information content (AvgIpc) is 2.65. The first-order valence-corrected chi connectivity index (χ1v) is 10.7.